The van der Waals surface area contributed by atoms with Gasteiger partial charge in [0.25, 0.3) is 11.8 Å². The van der Waals surface area contributed by atoms with Gasteiger partial charge in [0, 0.05) is 39.0 Å². The van der Waals surface area contributed by atoms with Gasteiger partial charge >= 0.3 is 0 Å². The molecule has 0 saturated carbocycles. The zero-order valence-corrected chi connectivity index (χ0v) is 20.9. The van der Waals surface area contributed by atoms with E-state index in [9.17, 15) is 18.8 Å². The second kappa shape index (κ2) is 11.2. The lowest BCUT2D eigenvalue weighted by Gasteiger charge is -2.31. The number of nitrogens with two attached hydrogens (primary N) is 1. The molecule has 3 atom stereocenters. The first-order chi connectivity index (χ1) is 17.7. The molecule has 10 nitrogen and oxygen atoms in total. The Morgan fingerprint density at radius 2 is 2.03 bits per heavy atom. The summed E-state index contributed by atoms with van der Waals surface area (Å²) in [4.78, 5) is 44.6. The van der Waals surface area contributed by atoms with E-state index in [2.05, 4.69) is 25.8 Å². The van der Waals surface area contributed by atoms with Gasteiger partial charge in [0.2, 0.25) is 5.91 Å². The Labute approximate surface area is 218 Å². The standard InChI is InChI=1S/C25H28ClFN6O4/c1-37-18-8-10-33(13-18)11-9-29-23(35)21-25(24(28)36,31-14-30-21)15-2-5-17(6-3-15)32-22(34)19-7-4-16(27)12-20(19)26/h2-7,12,14,18,21H,8-11,13H2,1H3,(H2,28,36)(H,29,35)(H,30,31)(H,32,34). The van der Waals surface area contributed by atoms with Gasteiger partial charge in [0.15, 0.2) is 11.6 Å². The third-order valence-electron chi connectivity index (χ3n) is 6.63. The lowest BCUT2D eigenvalue weighted by atomic mass is 9.82. The van der Waals surface area contributed by atoms with Crippen molar-refractivity contribution >= 4 is 41.3 Å². The van der Waals surface area contributed by atoms with Crippen molar-refractivity contribution in [1.29, 1.82) is 0 Å². The number of primary amides is 1. The monoisotopic (exact) mass is 530 g/mol. The summed E-state index contributed by atoms with van der Waals surface area (Å²) in [6.07, 6.45) is 2.44. The van der Waals surface area contributed by atoms with Crippen molar-refractivity contribution in [2.45, 2.75) is 24.1 Å². The molecular formula is C25H28ClFN6O4. The number of ether oxygens (including phenoxy) is 1. The number of likely N-dealkylation sites (tertiary alicyclic amines) is 1. The van der Waals surface area contributed by atoms with Crippen molar-refractivity contribution in [3.05, 3.63) is 64.4 Å². The van der Waals surface area contributed by atoms with Gasteiger partial charge in [-0.15, -0.1) is 0 Å². The summed E-state index contributed by atoms with van der Waals surface area (Å²) < 4.78 is 18.6. The number of benzene rings is 2. The molecule has 0 spiro atoms. The number of nitrogens with one attached hydrogen (secondary N) is 3. The molecule has 0 bridgehead atoms. The summed E-state index contributed by atoms with van der Waals surface area (Å²) in [5.74, 6) is -2.30. The molecule has 0 radical (unpaired) electrons. The van der Waals surface area contributed by atoms with Crippen LogP contribution in [0.4, 0.5) is 10.1 Å². The molecule has 12 heteroatoms. The van der Waals surface area contributed by atoms with E-state index in [1.165, 1.54) is 12.4 Å². The highest BCUT2D eigenvalue weighted by atomic mass is 35.5. The van der Waals surface area contributed by atoms with Crippen molar-refractivity contribution < 1.29 is 23.5 Å². The summed E-state index contributed by atoms with van der Waals surface area (Å²) in [5, 5.41) is 8.36. The number of nitrogens with zero attached hydrogens (tertiary/aromatic N) is 2. The number of hydrogen-bond acceptors (Lipinski definition) is 7. The largest absolute Gasteiger partial charge is 0.380 e. The first-order valence-corrected chi connectivity index (χ1v) is 12.1. The molecule has 196 valence electrons. The molecular weight excluding hydrogens is 503 g/mol. The summed E-state index contributed by atoms with van der Waals surface area (Å²) in [5.41, 5.74) is 5.09. The van der Waals surface area contributed by atoms with E-state index in [-0.39, 0.29) is 16.7 Å². The topological polar surface area (TPSA) is 138 Å². The van der Waals surface area contributed by atoms with Gasteiger partial charge in [-0.1, -0.05) is 23.7 Å². The molecule has 2 aromatic carbocycles. The summed E-state index contributed by atoms with van der Waals surface area (Å²) in [7, 11) is 1.69. The molecule has 2 aliphatic rings. The van der Waals surface area contributed by atoms with E-state index in [1.807, 2.05) is 0 Å². The summed E-state index contributed by atoms with van der Waals surface area (Å²) in [6.45, 7) is 2.72. The van der Waals surface area contributed by atoms with Crippen LogP contribution >= 0.6 is 11.6 Å². The molecule has 0 aromatic heterocycles. The minimum absolute atomic E-state index is 0.0220. The third-order valence-corrected chi connectivity index (χ3v) is 6.94. The number of methoxy groups -OCH3 is 1. The minimum atomic E-state index is -1.60. The fraction of sp³-hybridized carbons (Fsp3) is 0.360. The molecule has 2 heterocycles. The molecule has 2 aromatic rings. The van der Waals surface area contributed by atoms with E-state index in [4.69, 9.17) is 22.1 Å². The number of anilines is 1. The average Bonchev–Trinajstić information content (AvgIpc) is 3.52. The summed E-state index contributed by atoms with van der Waals surface area (Å²) >= 11 is 5.97. The highest BCUT2D eigenvalue weighted by Crippen LogP contribution is 2.31. The molecule has 4 rings (SSSR count). The lowest BCUT2D eigenvalue weighted by molar-refractivity contribution is -0.131. The number of halogens is 2. The predicted molar refractivity (Wildman–Crippen MR) is 137 cm³/mol. The van der Waals surface area contributed by atoms with Crippen LogP contribution in [-0.4, -0.2) is 74.4 Å². The molecule has 1 fully saturated rings. The second-order valence-corrected chi connectivity index (χ2v) is 9.30. The van der Waals surface area contributed by atoms with Gasteiger partial charge in [0.05, 0.1) is 23.0 Å². The van der Waals surface area contributed by atoms with Crippen molar-refractivity contribution in [2.75, 3.05) is 38.6 Å². The van der Waals surface area contributed by atoms with E-state index >= 15 is 0 Å². The predicted octanol–water partition coefficient (Wildman–Crippen LogP) is 1.25. The lowest BCUT2D eigenvalue weighted by Crippen LogP contribution is -2.60. The Balaban J connectivity index is 1.43. The van der Waals surface area contributed by atoms with Crippen LogP contribution in [0.2, 0.25) is 5.02 Å². The van der Waals surface area contributed by atoms with Gasteiger partial charge in [-0.05, 0) is 42.3 Å². The highest BCUT2D eigenvalue weighted by Gasteiger charge is 2.52. The number of hydrogen-bond donors (Lipinski definition) is 4. The van der Waals surface area contributed by atoms with Crippen molar-refractivity contribution in [1.82, 2.24) is 15.5 Å². The van der Waals surface area contributed by atoms with Gasteiger partial charge in [-0.3, -0.25) is 24.3 Å². The molecule has 3 amide bonds. The van der Waals surface area contributed by atoms with Gasteiger partial charge in [-0.2, -0.15) is 0 Å². The van der Waals surface area contributed by atoms with Crippen LogP contribution in [0.1, 0.15) is 22.3 Å². The molecule has 5 N–H and O–H groups in total. The molecule has 1 saturated heterocycles. The number of amides is 3. The molecule has 0 aliphatic carbocycles. The number of carbonyl (C=O) groups is 3. The van der Waals surface area contributed by atoms with Gasteiger partial charge in [-0.25, -0.2) is 4.39 Å². The van der Waals surface area contributed by atoms with Crippen LogP contribution < -0.4 is 21.7 Å². The Hall–Kier alpha value is -3.54. The maximum Gasteiger partial charge on any atom is 0.257 e. The van der Waals surface area contributed by atoms with Crippen LogP contribution in [0.3, 0.4) is 0 Å². The van der Waals surface area contributed by atoms with Crippen LogP contribution in [0.25, 0.3) is 0 Å². The fourth-order valence-corrected chi connectivity index (χ4v) is 4.83. The average molecular weight is 531 g/mol. The first-order valence-electron chi connectivity index (χ1n) is 11.7. The smallest absolute Gasteiger partial charge is 0.257 e. The number of rotatable bonds is 9. The van der Waals surface area contributed by atoms with Gasteiger partial charge < -0.3 is 26.4 Å². The van der Waals surface area contributed by atoms with Crippen LogP contribution in [0, 0.1) is 5.82 Å². The Morgan fingerprint density at radius 3 is 2.68 bits per heavy atom. The Bertz CT molecular complexity index is 1210. The Kier molecular flexibility index (Phi) is 8.06. The number of aliphatic imine (C=N–C) groups is 1. The van der Waals surface area contributed by atoms with Crippen LogP contribution in [-0.2, 0) is 19.9 Å². The van der Waals surface area contributed by atoms with Crippen molar-refractivity contribution in [2.24, 2.45) is 10.7 Å². The van der Waals surface area contributed by atoms with Crippen LogP contribution in [0.15, 0.2) is 47.5 Å². The fourth-order valence-electron chi connectivity index (χ4n) is 4.57. The molecule has 2 aliphatic heterocycles. The van der Waals surface area contributed by atoms with E-state index in [0.29, 0.717) is 24.3 Å². The normalized spacial score (nSPS) is 23.0. The quantitative estimate of drug-likeness (QED) is 0.385. The zero-order valence-electron chi connectivity index (χ0n) is 20.2. The highest BCUT2D eigenvalue weighted by molar-refractivity contribution is 6.34. The van der Waals surface area contributed by atoms with Crippen molar-refractivity contribution in [3.63, 3.8) is 0 Å². The minimum Gasteiger partial charge on any atom is -0.380 e. The maximum atomic E-state index is 13.3. The first kappa shape index (κ1) is 26.5. The summed E-state index contributed by atoms with van der Waals surface area (Å²) in [6, 6.07) is 8.62. The number of carbonyl (C=O) groups excluding carboxylic acids is 3. The van der Waals surface area contributed by atoms with Gasteiger partial charge in [0.1, 0.15) is 5.82 Å². The zero-order chi connectivity index (χ0) is 26.6. The second-order valence-electron chi connectivity index (χ2n) is 8.89. The molecule has 37 heavy (non-hydrogen) atoms. The van der Waals surface area contributed by atoms with Crippen molar-refractivity contribution in [3.8, 4) is 0 Å². The van der Waals surface area contributed by atoms with E-state index < -0.39 is 35.1 Å². The Morgan fingerprint density at radius 1 is 1.27 bits per heavy atom. The SMILES string of the molecule is COC1CCN(CCNC(=O)C2N=CNC2(C(N)=O)c2ccc(NC(=O)c3ccc(F)cc3Cl)cc2)C1. The molecule has 3 unspecified atom stereocenters. The maximum absolute atomic E-state index is 13.3. The van der Waals surface area contributed by atoms with E-state index in [0.717, 1.165) is 31.6 Å². The third kappa shape index (κ3) is 5.58. The van der Waals surface area contributed by atoms with Crippen LogP contribution in [0.5, 0.6) is 0 Å². The van der Waals surface area contributed by atoms with E-state index in [1.54, 1.807) is 31.4 Å².